The van der Waals surface area contributed by atoms with Crippen LogP contribution in [0, 0.1) is 6.92 Å². The Bertz CT molecular complexity index is 1080. The number of hydrogen-bond donors (Lipinski definition) is 2. The number of methoxy groups -OCH3 is 3. The summed E-state index contributed by atoms with van der Waals surface area (Å²) in [4.78, 5) is 12.4. The molecular weight excluding hydrogens is 486 g/mol. The van der Waals surface area contributed by atoms with Gasteiger partial charge >= 0.3 is 0 Å². The van der Waals surface area contributed by atoms with E-state index in [1.807, 2.05) is 25.1 Å². The number of nitrogens with one attached hydrogen (secondary N) is 1. The molecule has 0 aliphatic carbocycles. The van der Waals surface area contributed by atoms with Gasteiger partial charge in [-0.2, -0.15) is 0 Å². The molecule has 0 radical (unpaired) electrons. The second-order valence-corrected chi connectivity index (χ2v) is 8.24. The highest BCUT2D eigenvalue weighted by atomic mass is 79.9. The van der Waals surface area contributed by atoms with Crippen LogP contribution in [0.2, 0.25) is 0 Å². The number of ether oxygens (including phenoxy) is 3. The lowest BCUT2D eigenvalue weighted by Crippen LogP contribution is -2.17. The SMILES string of the molecule is COc1cc(-c2nnc(SCC(=O)Nc3ccc(Br)cc3C)n2N)cc(OC)c1OC. The molecular formula is C20H22BrN5O4S. The summed E-state index contributed by atoms with van der Waals surface area (Å²) < 4.78 is 18.4. The van der Waals surface area contributed by atoms with Crippen molar-refractivity contribution in [3.63, 3.8) is 0 Å². The van der Waals surface area contributed by atoms with Crippen molar-refractivity contribution in [3.05, 3.63) is 40.4 Å². The van der Waals surface area contributed by atoms with Crippen molar-refractivity contribution in [2.75, 3.05) is 38.2 Å². The Hall–Kier alpha value is -2.92. The number of aryl methyl sites for hydroxylation is 1. The minimum atomic E-state index is -0.173. The van der Waals surface area contributed by atoms with E-state index in [1.165, 1.54) is 37.8 Å². The summed E-state index contributed by atoms with van der Waals surface area (Å²) >= 11 is 4.59. The van der Waals surface area contributed by atoms with Crippen LogP contribution in [0.25, 0.3) is 11.4 Å². The highest BCUT2D eigenvalue weighted by molar-refractivity contribution is 9.10. The maximum Gasteiger partial charge on any atom is 0.234 e. The van der Waals surface area contributed by atoms with E-state index in [-0.39, 0.29) is 11.7 Å². The summed E-state index contributed by atoms with van der Waals surface area (Å²) in [6, 6.07) is 9.10. The van der Waals surface area contributed by atoms with E-state index in [1.54, 1.807) is 12.1 Å². The number of halogens is 1. The number of carbonyl (C=O) groups is 1. The number of nitrogen functional groups attached to an aromatic ring is 1. The molecule has 0 fully saturated rings. The Morgan fingerprint density at radius 3 is 2.39 bits per heavy atom. The normalized spacial score (nSPS) is 10.6. The molecule has 0 unspecified atom stereocenters. The first kappa shape index (κ1) is 22.8. The van der Waals surface area contributed by atoms with Gasteiger partial charge < -0.3 is 25.4 Å². The molecule has 1 amide bonds. The van der Waals surface area contributed by atoms with Crippen LogP contribution in [0.5, 0.6) is 17.2 Å². The van der Waals surface area contributed by atoms with E-state index < -0.39 is 0 Å². The van der Waals surface area contributed by atoms with Crippen molar-refractivity contribution >= 4 is 39.3 Å². The van der Waals surface area contributed by atoms with Crippen LogP contribution < -0.4 is 25.4 Å². The molecule has 1 aromatic heterocycles. The minimum Gasteiger partial charge on any atom is -0.493 e. The van der Waals surface area contributed by atoms with Gasteiger partial charge in [0.1, 0.15) is 0 Å². The summed E-state index contributed by atoms with van der Waals surface area (Å²) in [6.45, 7) is 1.92. The molecule has 0 saturated carbocycles. The number of aromatic nitrogens is 3. The molecule has 0 spiro atoms. The van der Waals surface area contributed by atoms with E-state index >= 15 is 0 Å². The summed E-state index contributed by atoms with van der Waals surface area (Å²) in [5.74, 6) is 7.94. The molecule has 0 saturated heterocycles. The van der Waals surface area contributed by atoms with Crippen LogP contribution in [0.15, 0.2) is 40.0 Å². The van der Waals surface area contributed by atoms with Gasteiger partial charge in [0.05, 0.1) is 27.1 Å². The summed E-state index contributed by atoms with van der Waals surface area (Å²) in [6.07, 6.45) is 0. The largest absolute Gasteiger partial charge is 0.493 e. The average molecular weight is 508 g/mol. The third-order valence-electron chi connectivity index (χ3n) is 4.38. The standard InChI is InChI=1S/C20H22BrN5O4S/c1-11-7-13(21)5-6-14(11)23-17(27)10-31-20-25-24-19(26(20)22)12-8-15(28-2)18(30-4)16(9-12)29-3/h5-9H,10,22H2,1-4H3,(H,23,27). The Morgan fingerprint density at radius 2 is 1.81 bits per heavy atom. The van der Waals surface area contributed by atoms with Crippen molar-refractivity contribution in [2.45, 2.75) is 12.1 Å². The van der Waals surface area contributed by atoms with E-state index in [0.717, 1.165) is 15.7 Å². The number of benzene rings is 2. The minimum absolute atomic E-state index is 0.125. The van der Waals surface area contributed by atoms with Crippen LogP contribution in [0.4, 0.5) is 5.69 Å². The fraction of sp³-hybridized carbons (Fsp3) is 0.250. The zero-order valence-corrected chi connectivity index (χ0v) is 19.8. The summed E-state index contributed by atoms with van der Waals surface area (Å²) in [5, 5.41) is 11.5. The third-order valence-corrected chi connectivity index (χ3v) is 5.82. The van der Waals surface area contributed by atoms with Crippen molar-refractivity contribution in [1.82, 2.24) is 14.9 Å². The Kier molecular flexibility index (Phi) is 7.29. The van der Waals surface area contributed by atoms with Crippen LogP contribution in [0.3, 0.4) is 0 Å². The molecule has 9 nitrogen and oxygen atoms in total. The van der Waals surface area contributed by atoms with Crippen LogP contribution in [-0.4, -0.2) is 47.9 Å². The maximum atomic E-state index is 12.4. The number of nitrogens with two attached hydrogens (primary N) is 1. The second-order valence-electron chi connectivity index (χ2n) is 6.39. The van der Waals surface area contributed by atoms with E-state index in [2.05, 4.69) is 31.4 Å². The lowest BCUT2D eigenvalue weighted by atomic mass is 10.1. The Balaban J connectivity index is 1.75. The number of anilines is 1. The first-order valence-corrected chi connectivity index (χ1v) is 10.9. The first-order chi connectivity index (χ1) is 14.9. The van der Waals surface area contributed by atoms with Gasteiger partial charge in [-0.15, -0.1) is 10.2 Å². The highest BCUT2D eigenvalue weighted by Gasteiger charge is 2.19. The van der Waals surface area contributed by atoms with E-state index in [4.69, 9.17) is 20.1 Å². The number of nitrogens with zero attached hydrogens (tertiary/aromatic N) is 3. The predicted molar refractivity (Wildman–Crippen MR) is 123 cm³/mol. The molecule has 3 aromatic rings. The van der Waals surface area contributed by atoms with Crippen molar-refractivity contribution in [2.24, 2.45) is 0 Å². The van der Waals surface area contributed by atoms with Gasteiger partial charge in [-0.25, -0.2) is 4.68 Å². The zero-order chi connectivity index (χ0) is 22.5. The molecule has 3 N–H and O–H groups in total. The summed E-state index contributed by atoms with van der Waals surface area (Å²) in [7, 11) is 4.59. The first-order valence-electron chi connectivity index (χ1n) is 9.07. The lowest BCUT2D eigenvalue weighted by Gasteiger charge is -2.13. The maximum absolute atomic E-state index is 12.4. The topological polar surface area (TPSA) is 114 Å². The van der Waals surface area contributed by atoms with Gasteiger partial charge in [-0.3, -0.25) is 4.79 Å². The van der Waals surface area contributed by atoms with Gasteiger partial charge in [-0.05, 0) is 42.8 Å². The van der Waals surface area contributed by atoms with Gasteiger partial charge in [-0.1, -0.05) is 27.7 Å². The van der Waals surface area contributed by atoms with Gasteiger partial charge in [0, 0.05) is 15.7 Å². The molecule has 3 rings (SSSR count). The third kappa shape index (κ3) is 5.05. The van der Waals surface area contributed by atoms with E-state index in [9.17, 15) is 4.79 Å². The second kappa shape index (κ2) is 9.92. The number of rotatable bonds is 8. The smallest absolute Gasteiger partial charge is 0.234 e. The molecule has 11 heteroatoms. The molecule has 0 bridgehead atoms. The van der Waals surface area contributed by atoms with Crippen LogP contribution in [-0.2, 0) is 4.79 Å². The molecule has 31 heavy (non-hydrogen) atoms. The Morgan fingerprint density at radius 1 is 1.13 bits per heavy atom. The molecule has 2 aromatic carbocycles. The number of carbonyl (C=O) groups excluding carboxylic acids is 1. The van der Waals surface area contributed by atoms with Crippen molar-refractivity contribution in [3.8, 4) is 28.6 Å². The lowest BCUT2D eigenvalue weighted by molar-refractivity contribution is -0.113. The fourth-order valence-corrected chi connectivity index (χ4v) is 4.00. The quantitative estimate of drug-likeness (QED) is 0.351. The van der Waals surface area contributed by atoms with Crippen molar-refractivity contribution in [1.29, 1.82) is 0 Å². The number of hydrogen-bond acceptors (Lipinski definition) is 8. The monoisotopic (exact) mass is 507 g/mol. The Labute approximate surface area is 192 Å². The van der Waals surface area contributed by atoms with E-state index in [0.29, 0.717) is 33.8 Å². The van der Waals surface area contributed by atoms with Crippen molar-refractivity contribution < 1.29 is 19.0 Å². The van der Waals surface area contributed by atoms with Crippen LogP contribution in [0.1, 0.15) is 5.56 Å². The summed E-state index contributed by atoms with van der Waals surface area (Å²) in [5.41, 5.74) is 2.34. The fourth-order valence-electron chi connectivity index (χ4n) is 2.87. The molecule has 0 aliphatic heterocycles. The van der Waals surface area contributed by atoms with Gasteiger partial charge in [0.2, 0.25) is 16.8 Å². The number of amides is 1. The average Bonchev–Trinajstić information content (AvgIpc) is 3.13. The van der Waals surface area contributed by atoms with Gasteiger partial charge in [0.15, 0.2) is 17.3 Å². The predicted octanol–water partition coefficient (Wildman–Crippen LogP) is 3.49. The highest BCUT2D eigenvalue weighted by Crippen LogP contribution is 2.40. The molecule has 0 atom stereocenters. The van der Waals surface area contributed by atoms with Gasteiger partial charge in [0.25, 0.3) is 0 Å². The molecule has 0 aliphatic rings. The van der Waals surface area contributed by atoms with Crippen LogP contribution >= 0.6 is 27.7 Å². The number of thioether (sulfide) groups is 1. The molecule has 1 heterocycles. The molecule has 164 valence electrons. The zero-order valence-electron chi connectivity index (χ0n) is 17.4.